The minimum Gasteiger partial charge on any atom is -0.491 e. The summed E-state index contributed by atoms with van der Waals surface area (Å²) in [5.41, 5.74) is 44.0. The fourth-order valence-corrected chi connectivity index (χ4v) is 18.3. The number of alkyl halides is 2. The number of benzene rings is 6. The maximum Gasteiger partial charge on any atom is 0.290 e. The molecule has 29 heteroatoms. The standard InChI is InChI=1S/C18H22N2O2.C17H18F2N2O2.C17H20N2O3.C17H18N2O3.C17H20N2O2.C16H18N2O3.6CH4/c1-11(2)9-12-6-7-13-5-3-4-8-20(14(13)10-12)16-15(19)17(21)18(16)22;1-9(2)5-10-3-4-12-11(6-10)7-21(8-17(12,18)19)14-13(20)15(22)16(14)23;1-10(2)8-11-4-5-13-12(9-11)19(6-3-7-22-13)15-14(18)16(20)17(15)21;1-9(2)5-10-3-4-12-11(6-10)7-19(8-13(12)20)15-14(18)16(21)17(15)22;1-10(2)8-11-5-6-12-4-3-7-19(13(12)9-11)15-14(18)16(20)17(15)21;1-9(2)7-10-3-4-12-11(8-10)18(5-6-21-12)14-13(17)15(19)16(14)20;;;;;;/h6-7,10-11H,3-5,8-9,19H2,1-2H3;3-4,6,9H,5,7-8,20H2,1-2H3;4-5,9-10H,3,6-8,18H2,1-2H3;3-4,6,9H,5,7-8,18H2,1-2H3;5-6,9-10H,3-4,7-8,18H2,1-2H3;3-4,8-9H,5-7,17H2,1-2H3;6*1H4. The second kappa shape index (κ2) is 45.5. The summed E-state index contributed by atoms with van der Waals surface area (Å²) >= 11 is 0. The zero-order valence-electron chi connectivity index (χ0n) is 76.4. The number of ether oxygens (including phenoxy) is 2. The van der Waals surface area contributed by atoms with Crippen LogP contribution in [-0.4, -0.2) is 58.3 Å². The van der Waals surface area contributed by atoms with Crippen LogP contribution in [0.1, 0.15) is 225 Å². The predicted octanol–water partition coefficient (Wildman–Crippen LogP) is 15.5. The molecule has 0 radical (unpaired) electrons. The van der Waals surface area contributed by atoms with Gasteiger partial charge in [-0.25, -0.2) is 0 Å². The SMILES string of the molecule is C.C.C.C.C.C.CC(C)Cc1ccc2c(c1)CN(c1c(N)c(=O)c1=O)CC2(F)F.CC(C)Cc1ccc2c(c1)CN(c1c(N)c(=O)c1=O)CC2=O.CC(C)Cc1ccc2c(c1)N(c1c(N)c(=O)c1=O)CCC2.CC(C)Cc1ccc2c(c1)N(c1c(N)c(=O)c1=O)CCCC2.CC(C)Cc1ccc2c(c1)N(c1c(N)c(=O)c1=O)CCCO2.CC(C)Cc1ccc2c(c1)N(c1c(N)c(=O)c1=O)CCO2. The van der Waals surface area contributed by atoms with Crippen molar-refractivity contribution in [1.82, 2.24) is 0 Å². The Balaban J connectivity index is 0.000000222. The quantitative estimate of drug-likeness (QED) is 0.0435. The number of nitrogens with two attached hydrogens (primary N) is 6. The van der Waals surface area contributed by atoms with Crippen molar-refractivity contribution >= 4 is 96.8 Å². The van der Waals surface area contributed by atoms with E-state index >= 15 is 0 Å². The highest BCUT2D eigenvalue weighted by molar-refractivity contribution is 6.03. The molecular weight excluding hydrogens is 1740 g/mol. The van der Waals surface area contributed by atoms with Crippen LogP contribution in [0.2, 0.25) is 0 Å². The van der Waals surface area contributed by atoms with E-state index in [1.807, 2.05) is 74.2 Å². The van der Waals surface area contributed by atoms with Gasteiger partial charge in [-0.05, 0) is 205 Å². The molecule has 0 spiro atoms. The lowest BCUT2D eigenvalue weighted by Gasteiger charge is -2.36. The molecule has 736 valence electrons. The Morgan fingerprint density at radius 1 is 0.299 bits per heavy atom. The number of carbonyl (C=O) groups excluding carboxylic acids is 1. The van der Waals surface area contributed by atoms with Gasteiger partial charge in [0, 0.05) is 55.2 Å². The van der Waals surface area contributed by atoms with Gasteiger partial charge in [0.1, 0.15) is 86.4 Å². The molecule has 0 atom stereocenters. The van der Waals surface area contributed by atoms with Gasteiger partial charge in [0.2, 0.25) is 0 Å². The van der Waals surface area contributed by atoms with Gasteiger partial charge in [-0.3, -0.25) is 62.3 Å². The van der Waals surface area contributed by atoms with E-state index in [2.05, 4.69) is 119 Å². The minimum atomic E-state index is -3.09. The zero-order valence-corrected chi connectivity index (χ0v) is 76.4. The highest BCUT2D eigenvalue weighted by Gasteiger charge is 2.43. The fraction of sp³-hybridized carbons (Fsp3) is 0.435. The normalized spacial score (nSPS) is 14.4. The third kappa shape index (κ3) is 23.1. The minimum absolute atomic E-state index is 0. The number of carbonyl (C=O) groups is 1. The van der Waals surface area contributed by atoms with Gasteiger partial charge in [0.25, 0.3) is 71.1 Å². The van der Waals surface area contributed by atoms with E-state index in [-0.39, 0.29) is 114 Å². The van der Waals surface area contributed by atoms with Crippen molar-refractivity contribution in [3.05, 3.63) is 299 Å². The lowest BCUT2D eigenvalue weighted by atomic mass is 9.91. The summed E-state index contributed by atoms with van der Waals surface area (Å²) < 4.78 is 40.2. The highest BCUT2D eigenvalue weighted by Crippen LogP contribution is 2.44. The van der Waals surface area contributed by atoms with Crippen LogP contribution in [0.3, 0.4) is 0 Å². The van der Waals surface area contributed by atoms with Crippen LogP contribution < -0.4 is 138 Å². The number of rotatable bonds is 18. The topological polar surface area (TPSA) is 416 Å². The zero-order chi connectivity index (χ0) is 95.0. The summed E-state index contributed by atoms with van der Waals surface area (Å²) in [6.07, 6.45) is 11.4. The first-order chi connectivity index (χ1) is 62.0. The average molecular weight is 1880 g/mol. The van der Waals surface area contributed by atoms with Crippen LogP contribution in [-0.2, 0) is 70.4 Å². The van der Waals surface area contributed by atoms with Gasteiger partial charge in [-0.2, -0.15) is 8.78 Å². The molecule has 0 fully saturated rings. The predicted molar refractivity (Wildman–Crippen MR) is 560 cm³/mol. The Morgan fingerprint density at radius 2 is 0.599 bits per heavy atom. The maximum atomic E-state index is 14.4. The fourth-order valence-electron chi connectivity index (χ4n) is 18.3. The van der Waals surface area contributed by atoms with Crippen LogP contribution in [0.5, 0.6) is 11.5 Å². The first-order valence-corrected chi connectivity index (χ1v) is 45.1. The van der Waals surface area contributed by atoms with E-state index in [0.29, 0.717) is 102 Å². The van der Waals surface area contributed by atoms with Crippen molar-refractivity contribution in [2.45, 2.75) is 224 Å². The Hall–Kier alpha value is -13.5. The monoisotopic (exact) mass is 1880 g/mol. The van der Waals surface area contributed by atoms with Crippen molar-refractivity contribution in [1.29, 1.82) is 0 Å². The van der Waals surface area contributed by atoms with Gasteiger partial charge in [0.15, 0.2) is 5.78 Å². The van der Waals surface area contributed by atoms with E-state index in [1.54, 1.807) is 17.0 Å². The number of hydrogen-bond donors (Lipinski definition) is 6. The first kappa shape index (κ1) is 111. The molecule has 0 bridgehead atoms. The third-order valence-corrected chi connectivity index (χ3v) is 24.4. The number of fused-ring (bicyclic) bond motifs is 6. The Kier molecular flexibility index (Phi) is 36.7. The van der Waals surface area contributed by atoms with Gasteiger partial charge in [0.05, 0.1) is 37.6 Å². The van der Waals surface area contributed by atoms with Crippen molar-refractivity contribution < 1.29 is 23.0 Å². The molecule has 12 aromatic rings. The molecule has 12 aromatic carbocycles. The van der Waals surface area contributed by atoms with E-state index in [0.717, 1.165) is 136 Å². The Labute approximate surface area is 801 Å². The summed E-state index contributed by atoms with van der Waals surface area (Å²) in [5.74, 6) is 1.49. The summed E-state index contributed by atoms with van der Waals surface area (Å²) in [6.45, 7) is 29.5. The smallest absolute Gasteiger partial charge is 0.290 e. The average Bonchev–Trinajstić information content (AvgIpc) is 1.09. The number of hydrogen-bond acceptors (Lipinski definition) is 27. The largest absolute Gasteiger partial charge is 0.491 e. The molecule has 0 unspecified atom stereocenters. The summed E-state index contributed by atoms with van der Waals surface area (Å²) in [7, 11) is 0. The lowest BCUT2D eigenvalue weighted by Crippen LogP contribution is -2.48. The summed E-state index contributed by atoms with van der Waals surface area (Å²) in [5, 5.41) is 0. The lowest BCUT2D eigenvalue weighted by molar-refractivity contribution is -0.00253. The Morgan fingerprint density at radius 3 is 0.993 bits per heavy atom. The molecule has 0 amide bonds. The molecule has 6 heterocycles. The molecule has 27 nitrogen and oxygen atoms in total. The maximum absolute atomic E-state index is 14.4. The molecule has 6 aliphatic rings. The van der Waals surface area contributed by atoms with Crippen molar-refractivity contribution in [3.8, 4) is 11.5 Å². The van der Waals surface area contributed by atoms with E-state index in [9.17, 15) is 71.1 Å². The molecule has 0 aromatic heterocycles. The number of aryl methyl sites for hydroxylation is 2. The van der Waals surface area contributed by atoms with Gasteiger partial charge >= 0.3 is 0 Å². The van der Waals surface area contributed by atoms with Crippen LogP contribution in [0.25, 0.3) is 0 Å². The highest BCUT2D eigenvalue weighted by atomic mass is 19.3. The van der Waals surface area contributed by atoms with Crippen molar-refractivity contribution in [2.75, 3.05) is 116 Å². The number of anilines is 16. The number of nitrogens with zero attached hydrogens (tertiary/aromatic N) is 6. The molecule has 12 N–H and O–H groups in total. The molecule has 137 heavy (non-hydrogen) atoms. The van der Waals surface area contributed by atoms with E-state index in [4.69, 9.17) is 43.9 Å². The molecular formula is C108H140F2N12O15. The molecule has 6 aliphatic heterocycles. The molecule has 0 saturated heterocycles. The first-order valence-electron chi connectivity index (χ1n) is 45.1. The number of Topliss-reactive ketones (excluding diaryl/α,β-unsaturated/α-hetero) is 1. The van der Waals surface area contributed by atoms with Crippen molar-refractivity contribution in [2.24, 2.45) is 35.5 Å². The summed E-state index contributed by atoms with van der Waals surface area (Å²) in [4.78, 5) is 161. The van der Waals surface area contributed by atoms with Gasteiger partial charge < -0.3 is 73.3 Å². The van der Waals surface area contributed by atoms with Crippen LogP contribution in [0.15, 0.2) is 167 Å². The second-order valence-corrected chi connectivity index (χ2v) is 37.7. The van der Waals surface area contributed by atoms with Crippen molar-refractivity contribution in [3.63, 3.8) is 0 Å². The number of ketones is 1. The van der Waals surface area contributed by atoms with E-state index < -0.39 is 77.6 Å². The van der Waals surface area contributed by atoms with Crippen LogP contribution in [0.4, 0.5) is 99.8 Å². The van der Waals surface area contributed by atoms with Crippen LogP contribution >= 0.6 is 0 Å². The molecule has 18 rings (SSSR count). The third-order valence-electron chi connectivity index (χ3n) is 24.4. The van der Waals surface area contributed by atoms with Crippen LogP contribution in [0, 0.1) is 35.5 Å². The molecule has 0 aliphatic carbocycles. The molecule has 0 saturated carbocycles. The summed E-state index contributed by atoms with van der Waals surface area (Å²) in [6, 6.07) is 35.8. The number of nitrogen functional groups attached to an aromatic ring is 6. The van der Waals surface area contributed by atoms with E-state index in [1.165, 1.54) is 49.9 Å². The van der Waals surface area contributed by atoms with Gasteiger partial charge in [-0.1, -0.05) is 200 Å². The second-order valence-electron chi connectivity index (χ2n) is 37.7. The van der Waals surface area contributed by atoms with Gasteiger partial charge in [-0.15, -0.1) is 0 Å². The Bertz CT molecular complexity index is 6550. The number of halogens is 2.